The number of nitro benzene ring substituents is 1. The van der Waals surface area contributed by atoms with Gasteiger partial charge in [0.05, 0.1) is 22.2 Å². The van der Waals surface area contributed by atoms with Crippen LogP contribution in [0.4, 0.5) is 15.8 Å². The van der Waals surface area contributed by atoms with Gasteiger partial charge >= 0.3 is 0 Å². The van der Waals surface area contributed by atoms with E-state index in [1.807, 2.05) is 0 Å². The van der Waals surface area contributed by atoms with Gasteiger partial charge in [0, 0.05) is 49.0 Å². The Balaban J connectivity index is 1.60. The molecule has 2 amide bonds. The van der Waals surface area contributed by atoms with Gasteiger partial charge in [0.1, 0.15) is 11.5 Å². The number of piperidine rings is 2. The third-order valence-corrected chi connectivity index (χ3v) is 6.62. The van der Waals surface area contributed by atoms with E-state index in [2.05, 4.69) is 26.2 Å². The molecular weight excluding hydrogens is 509 g/mol. The summed E-state index contributed by atoms with van der Waals surface area (Å²) in [6.07, 6.45) is 6.53. The number of carbonyl (C=O) groups excluding carboxylic acids is 2. The SMILES string of the molecule is O=C(c1cncc(F)c1)N1CCC[C@@H](Nc2c(C(=O)N3CCCCC3)cc(Br)cc2[N+](=O)[O-])C1. The molecule has 1 aromatic carbocycles. The molecular formula is C23H25BrFN5O4. The predicted molar refractivity (Wildman–Crippen MR) is 127 cm³/mol. The Morgan fingerprint density at radius 2 is 1.79 bits per heavy atom. The number of nitrogens with zero attached hydrogens (tertiary/aromatic N) is 4. The first-order chi connectivity index (χ1) is 16.3. The van der Waals surface area contributed by atoms with E-state index < -0.39 is 10.7 Å². The first-order valence-corrected chi connectivity index (χ1v) is 12.1. The number of benzene rings is 1. The molecule has 0 spiro atoms. The average Bonchev–Trinajstić information content (AvgIpc) is 2.84. The van der Waals surface area contributed by atoms with Gasteiger partial charge in [-0.2, -0.15) is 0 Å². The third-order valence-electron chi connectivity index (χ3n) is 6.16. The van der Waals surface area contributed by atoms with Gasteiger partial charge in [-0.15, -0.1) is 0 Å². The van der Waals surface area contributed by atoms with E-state index in [9.17, 15) is 24.1 Å². The van der Waals surface area contributed by atoms with Crippen LogP contribution in [0.15, 0.2) is 35.1 Å². The van der Waals surface area contributed by atoms with Crippen molar-refractivity contribution in [3.63, 3.8) is 0 Å². The lowest BCUT2D eigenvalue weighted by molar-refractivity contribution is -0.384. The van der Waals surface area contributed by atoms with Crippen LogP contribution in [0.25, 0.3) is 0 Å². The van der Waals surface area contributed by atoms with Gasteiger partial charge in [-0.25, -0.2) is 4.39 Å². The summed E-state index contributed by atoms with van der Waals surface area (Å²) in [6, 6.07) is 3.81. The molecule has 0 bridgehead atoms. The van der Waals surface area contributed by atoms with Crippen molar-refractivity contribution in [3.05, 3.63) is 62.1 Å². The Bertz CT molecular complexity index is 1110. The molecule has 180 valence electrons. The minimum Gasteiger partial charge on any atom is -0.374 e. The van der Waals surface area contributed by atoms with E-state index in [0.29, 0.717) is 36.9 Å². The summed E-state index contributed by atoms with van der Waals surface area (Å²) in [5.41, 5.74) is 0.347. The van der Waals surface area contributed by atoms with Crippen LogP contribution in [0.3, 0.4) is 0 Å². The van der Waals surface area contributed by atoms with Crippen molar-refractivity contribution in [1.29, 1.82) is 0 Å². The van der Waals surface area contributed by atoms with Gasteiger partial charge in [0.15, 0.2) is 0 Å². The average molecular weight is 534 g/mol. The maximum Gasteiger partial charge on any atom is 0.294 e. The minimum absolute atomic E-state index is 0.149. The van der Waals surface area contributed by atoms with Crippen LogP contribution >= 0.6 is 15.9 Å². The van der Waals surface area contributed by atoms with Crippen LogP contribution < -0.4 is 5.32 Å². The Morgan fingerprint density at radius 1 is 1.06 bits per heavy atom. The van der Waals surface area contributed by atoms with Crippen LogP contribution in [0.1, 0.15) is 52.8 Å². The third kappa shape index (κ3) is 5.35. The number of hydrogen-bond acceptors (Lipinski definition) is 6. The summed E-state index contributed by atoms with van der Waals surface area (Å²) in [4.78, 5) is 44.6. The van der Waals surface area contributed by atoms with E-state index >= 15 is 0 Å². The second-order valence-corrected chi connectivity index (χ2v) is 9.50. The Morgan fingerprint density at radius 3 is 2.50 bits per heavy atom. The largest absolute Gasteiger partial charge is 0.374 e. The highest BCUT2D eigenvalue weighted by Gasteiger charge is 2.31. The summed E-state index contributed by atoms with van der Waals surface area (Å²) < 4.78 is 14.0. The summed E-state index contributed by atoms with van der Waals surface area (Å²) >= 11 is 3.30. The van der Waals surface area contributed by atoms with Crippen LogP contribution in [0.5, 0.6) is 0 Å². The van der Waals surface area contributed by atoms with Crippen LogP contribution in [-0.4, -0.2) is 63.7 Å². The lowest BCUT2D eigenvalue weighted by Crippen LogP contribution is -2.45. The molecule has 1 aromatic heterocycles. The molecule has 2 aromatic rings. The summed E-state index contributed by atoms with van der Waals surface area (Å²) in [5, 5.41) is 15.1. The Labute approximate surface area is 204 Å². The molecule has 2 aliphatic rings. The maximum atomic E-state index is 13.5. The maximum absolute atomic E-state index is 13.5. The molecule has 0 aliphatic carbocycles. The highest BCUT2D eigenvalue weighted by Crippen LogP contribution is 2.35. The van der Waals surface area contributed by atoms with Gasteiger partial charge < -0.3 is 15.1 Å². The van der Waals surface area contributed by atoms with Crippen molar-refractivity contribution in [2.45, 2.75) is 38.1 Å². The number of likely N-dealkylation sites (tertiary alicyclic amines) is 2. The zero-order valence-corrected chi connectivity index (χ0v) is 20.1. The summed E-state index contributed by atoms with van der Waals surface area (Å²) in [7, 11) is 0. The Hall–Kier alpha value is -3.08. The van der Waals surface area contributed by atoms with Gasteiger partial charge in [0.25, 0.3) is 17.5 Å². The molecule has 4 rings (SSSR count). The number of anilines is 1. The minimum atomic E-state index is -0.594. The van der Waals surface area contributed by atoms with Gasteiger partial charge in [-0.3, -0.25) is 24.7 Å². The Kier molecular flexibility index (Phi) is 7.40. The number of pyridine rings is 1. The first kappa shape index (κ1) is 24.1. The zero-order chi connectivity index (χ0) is 24.2. The quantitative estimate of drug-likeness (QED) is 0.454. The fourth-order valence-electron chi connectivity index (χ4n) is 4.52. The van der Waals surface area contributed by atoms with Crippen LogP contribution in [0.2, 0.25) is 0 Å². The number of carbonyl (C=O) groups is 2. The number of halogens is 2. The lowest BCUT2D eigenvalue weighted by Gasteiger charge is -2.34. The van der Waals surface area contributed by atoms with Crippen LogP contribution in [0, 0.1) is 15.9 Å². The second kappa shape index (κ2) is 10.5. The van der Waals surface area contributed by atoms with Gasteiger partial charge in [-0.05, 0) is 44.2 Å². The fraction of sp³-hybridized carbons (Fsp3) is 0.435. The number of aromatic nitrogens is 1. The second-order valence-electron chi connectivity index (χ2n) is 8.58. The predicted octanol–water partition coefficient (Wildman–Crippen LogP) is 4.23. The fourth-order valence-corrected chi connectivity index (χ4v) is 4.96. The number of nitrogens with one attached hydrogen (secondary N) is 1. The van der Waals surface area contributed by atoms with Crippen molar-refractivity contribution in [3.8, 4) is 0 Å². The van der Waals surface area contributed by atoms with E-state index in [1.54, 1.807) is 15.9 Å². The van der Waals surface area contributed by atoms with E-state index in [4.69, 9.17) is 0 Å². The normalized spacial score (nSPS) is 18.5. The molecule has 2 aliphatic heterocycles. The van der Waals surface area contributed by atoms with Gasteiger partial charge in [0.2, 0.25) is 0 Å². The summed E-state index contributed by atoms with van der Waals surface area (Å²) in [6.45, 7) is 1.98. The zero-order valence-electron chi connectivity index (χ0n) is 18.5. The van der Waals surface area contributed by atoms with Gasteiger partial charge in [-0.1, -0.05) is 15.9 Å². The van der Waals surface area contributed by atoms with Crippen molar-refractivity contribution < 1.29 is 18.9 Å². The molecule has 9 nitrogen and oxygen atoms in total. The number of hydrogen-bond donors (Lipinski definition) is 1. The van der Waals surface area contributed by atoms with Crippen molar-refractivity contribution >= 4 is 39.1 Å². The molecule has 1 N–H and O–H groups in total. The molecule has 0 radical (unpaired) electrons. The highest BCUT2D eigenvalue weighted by molar-refractivity contribution is 9.10. The van der Waals surface area contributed by atoms with Crippen molar-refractivity contribution in [2.75, 3.05) is 31.5 Å². The lowest BCUT2D eigenvalue weighted by atomic mass is 10.0. The van der Waals surface area contributed by atoms with E-state index in [0.717, 1.165) is 31.5 Å². The molecule has 0 saturated carbocycles. The molecule has 3 heterocycles. The van der Waals surface area contributed by atoms with Crippen molar-refractivity contribution in [2.24, 2.45) is 0 Å². The number of amides is 2. The molecule has 11 heteroatoms. The molecule has 1 atom stereocenters. The highest BCUT2D eigenvalue weighted by atomic mass is 79.9. The number of nitro groups is 1. The molecule has 2 saturated heterocycles. The molecule has 0 unspecified atom stereocenters. The smallest absolute Gasteiger partial charge is 0.294 e. The molecule has 34 heavy (non-hydrogen) atoms. The van der Waals surface area contributed by atoms with E-state index in [-0.39, 0.29) is 46.9 Å². The topological polar surface area (TPSA) is 109 Å². The monoisotopic (exact) mass is 533 g/mol. The first-order valence-electron chi connectivity index (χ1n) is 11.3. The number of rotatable bonds is 5. The molecule has 2 fully saturated rings. The van der Waals surface area contributed by atoms with Crippen LogP contribution in [-0.2, 0) is 0 Å². The standard InChI is InChI=1S/C23H25BrFN5O4/c24-16-10-19(23(32)28-6-2-1-3-7-28)21(20(11-16)30(33)34)27-18-5-4-8-29(14-18)22(31)15-9-17(25)13-26-12-15/h9-13,18,27H,1-8,14H2/t18-/m1/s1. The summed E-state index contributed by atoms with van der Waals surface area (Å²) in [5.74, 6) is -1.20. The van der Waals surface area contributed by atoms with E-state index in [1.165, 1.54) is 12.3 Å². The van der Waals surface area contributed by atoms with Crippen molar-refractivity contribution in [1.82, 2.24) is 14.8 Å².